The van der Waals surface area contributed by atoms with Crippen LogP contribution in [-0.2, 0) is 13.5 Å². The number of aromatic amines is 1. The number of aryl methyl sites for hydroxylation is 2. The molecule has 1 amide bonds. The van der Waals surface area contributed by atoms with Crippen molar-refractivity contribution >= 4 is 16.8 Å². The van der Waals surface area contributed by atoms with Crippen LogP contribution in [0.1, 0.15) is 21.5 Å². The summed E-state index contributed by atoms with van der Waals surface area (Å²) < 4.78 is 1.43. The number of fused-ring (bicyclic) bond motifs is 1. The van der Waals surface area contributed by atoms with Crippen LogP contribution in [0.5, 0.6) is 0 Å². The summed E-state index contributed by atoms with van der Waals surface area (Å²) in [4.78, 5) is 27.4. The Morgan fingerprint density at radius 2 is 2.04 bits per heavy atom. The third-order valence-electron chi connectivity index (χ3n) is 4.08. The van der Waals surface area contributed by atoms with Gasteiger partial charge in [0.15, 0.2) is 0 Å². The number of aromatic nitrogens is 2. The third kappa shape index (κ3) is 2.90. The van der Waals surface area contributed by atoms with Crippen molar-refractivity contribution in [1.29, 1.82) is 0 Å². The monoisotopic (exact) mass is 309 g/mol. The Balaban J connectivity index is 1.77. The Hall–Kier alpha value is -2.82. The molecule has 0 bridgehead atoms. The molecule has 2 N–H and O–H groups in total. The van der Waals surface area contributed by atoms with E-state index in [4.69, 9.17) is 0 Å². The molecule has 3 aromatic rings. The van der Waals surface area contributed by atoms with E-state index in [2.05, 4.69) is 29.4 Å². The molecule has 118 valence electrons. The van der Waals surface area contributed by atoms with E-state index in [0.29, 0.717) is 23.0 Å². The van der Waals surface area contributed by atoms with Gasteiger partial charge in [-0.1, -0.05) is 24.3 Å². The number of benzene rings is 1. The van der Waals surface area contributed by atoms with E-state index >= 15 is 0 Å². The summed E-state index contributed by atoms with van der Waals surface area (Å²) >= 11 is 0. The lowest BCUT2D eigenvalue weighted by molar-refractivity contribution is 0.0955. The van der Waals surface area contributed by atoms with E-state index in [1.807, 2.05) is 12.1 Å². The fourth-order valence-corrected chi connectivity index (χ4v) is 2.75. The summed E-state index contributed by atoms with van der Waals surface area (Å²) in [7, 11) is 1.65. The average molecular weight is 309 g/mol. The molecule has 0 unspecified atom stereocenters. The van der Waals surface area contributed by atoms with Crippen molar-refractivity contribution in [1.82, 2.24) is 14.9 Å². The Bertz CT molecular complexity index is 921. The summed E-state index contributed by atoms with van der Waals surface area (Å²) in [6.07, 6.45) is 4.04. The number of H-pyrrole nitrogens is 1. The Labute approximate surface area is 134 Å². The van der Waals surface area contributed by atoms with Crippen LogP contribution in [0.15, 0.2) is 47.5 Å². The molecule has 0 spiro atoms. The van der Waals surface area contributed by atoms with Gasteiger partial charge in [0.05, 0.1) is 5.56 Å². The van der Waals surface area contributed by atoms with E-state index in [-0.39, 0.29) is 11.5 Å². The molecule has 0 saturated heterocycles. The van der Waals surface area contributed by atoms with Gasteiger partial charge in [0, 0.05) is 31.4 Å². The van der Waals surface area contributed by atoms with E-state index < -0.39 is 0 Å². The molecule has 23 heavy (non-hydrogen) atoms. The van der Waals surface area contributed by atoms with Crippen molar-refractivity contribution < 1.29 is 4.79 Å². The molecule has 0 aliphatic heterocycles. The minimum Gasteiger partial charge on any atom is -0.357 e. The molecule has 0 aliphatic carbocycles. The number of pyridine rings is 1. The zero-order valence-corrected chi connectivity index (χ0v) is 13.2. The summed E-state index contributed by atoms with van der Waals surface area (Å²) in [5, 5.41) is 3.59. The molecule has 0 fully saturated rings. The highest BCUT2D eigenvalue weighted by molar-refractivity contribution is 6.05. The van der Waals surface area contributed by atoms with Gasteiger partial charge in [-0.25, -0.2) is 0 Å². The van der Waals surface area contributed by atoms with E-state index in [9.17, 15) is 9.59 Å². The van der Waals surface area contributed by atoms with Crippen LogP contribution in [0.3, 0.4) is 0 Å². The standard InChI is InChI=1S/C18H19N3O2/c1-12-5-3-4-6-13(12)7-9-20-17(22)15-11-21(2)18(23)16-14(15)8-10-19-16/h3-6,8,10-11,19H,7,9H2,1-2H3,(H,20,22). The van der Waals surface area contributed by atoms with Gasteiger partial charge < -0.3 is 14.9 Å². The number of hydrogen-bond donors (Lipinski definition) is 2. The van der Waals surface area contributed by atoms with Crippen molar-refractivity contribution in [3.63, 3.8) is 0 Å². The van der Waals surface area contributed by atoms with Crippen LogP contribution in [0, 0.1) is 6.92 Å². The highest BCUT2D eigenvalue weighted by Crippen LogP contribution is 2.14. The molecule has 0 aliphatic rings. The van der Waals surface area contributed by atoms with Gasteiger partial charge in [-0.3, -0.25) is 9.59 Å². The molecule has 0 atom stereocenters. The van der Waals surface area contributed by atoms with Crippen molar-refractivity contribution in [2.75, 3.05) is 6.54 Å². The maximum atomic E-state index is 12.5. The molecule has 0 radical (unpaired) electrons. The number of carbonyl (C=O) groups excluding carboxylic acids is 1. The van der Waals surface area contributed by atoms with Gasteiger partial charge in [0.25, 0.3) is 11.5 Å². The van der Waals surface area contributed by atoms with Gasteiger partial charge in [-0.2, -0.15) is 0 Å². The van der Waals surface area contributed by atoms with E-state index in [1.54, 1.807) is 25.5 Å². The van der Waals surface area contributed by atoms with Crippen LogP contribution >= 0.6 is 0 Å². The zero-order valence-electron chi connectivity index (χ0n) is 13.2. The predicted octanol–water partition coefficient (Wildman–Crippen LogP) is 2.15. The zero-order chi connectivity index (χ0) is 16.4. The van der Waals surface area contributed by atoms with Gasteiger partial charge in [0.2, 0.25) is 0 Å². The molecule has 3 rings (SSSR count). The van der Waals surface area contributed by atoms with Crippen LogP contribution in [0.4, 0.5) is 0 Å². The minimum absolute atomic E-state index is 0.138. The first-order chi connectivity index (χ1) is 11.1. The topological polar surface area (TPSA) is 66.9 Å². The summed E-state index contributed by atoms with van der Waals surface area (Å²) in [6.45, 7) is 2.62. The van der Waals surface area contributed by atoms with Crippen LogP contribution in [0.2, 0.25) is 0 Å². The summed E-state index contributed by atoms with van der Waals surface area (Å²) in [6, 6.07) is 9.89. The second kappa shape index (κ2) is 6.12. The summed E-state index contributed by atoms with van der Waals surface area (Å²) in [5.74, 6) is -0.168. The number of nitrogens with zero attached hydrogens (tertiary/aromatic N) is 1. The molecule has 1 aromatic carbocycles. The second-order valence-corrected chi connectivity index (χ2v) is 5.66. The fourth-order valence-electron chi connectivity index (χ4n) is 2.75. The van der Waals surface area contributed by atoms with Crippen LogP contribution in [0.25, 0.3) is 10.9 Å². The van der Waals surface area contributed by atoms with Gasteiger partial charge in [-0.15, -0.1) is 0 Å². The Morgan fingerprint density at radius 3 is 2.83 bits per heavy atom. The molecule has 0 saturated carbocycles. The predicted molar refractivity (Wildman–Crippen MR) is 90.8 cm³/mol. The number of carbonyl (C=O) groups is 1. The highest BCUT2D eigenvalue weighted by Gasteiger charge is 2.14. The number of amides is 1. The molecule has 2 heterocycles. The normalized spacial score (nSPS) is 10.9. The molecular weight excluding hydrogens is 290 g/mol. The lowest BCUT2D eigenvalue weighted by Crippen LogP contribution is -2.28. The first-order valence-corrected chi connectivity index (χ1v) is 7.57. The van der Waals surface area contributed by atoms with Crippen molar-refractivity contribution in [3.05, 3.63) is 69.8 Å². The number of nitrogens with one attached hydrogen (secondary N) is 2. The molecule has 2 aromatic heterocycles. The van der Waals surface area contributed by atoms with E-state index in [1.165, 1.54) is 15.7 Å². The van der Waals surface area contributed by atoms with Crippen LogP contribution in [-0.4, -0.2) is 22.0 Å². The van der Waals surface area contributed by atoms with Gasteiger partial charge in [0.1, 0.15) is 5.52 Å². The third-order valence-corrected chi connectivity index (χ3v) is 4.08. The lowest BCUT2D eigenvalue weighted by Gasteiger charge is -2.09. The molecule has 5 heteroatoms. The molecular formula is C18H19N3O2. The quantitative estimate of drug-likeness (QED) is 0.775. The molecule has 5 nitrogen and oxygen atoms in total. The lowest BCUT2D eigenvalue weighted by atomic mass is 10.1. The highest BCUT2D eigenvalue weighted by atomic mass is 16.2. The Morgan fingerprint density at radius 1 is 1.26 bits per heavy atom. The second-order valence-electron chi connectivity index (χ2n) is 5.66. The van der Waals surface area contributed by atoms with Gasteiger partial charge in [-0.05, 0) is 30.5 Å². The largest absolute Gasteiger partial charge is 0.357 e. The van der Waals surface area contributed by atoms with Crippen LogP contribution < -0.4 is 10.9 Å². The maximum absolute atomic E-state index is 12.5. The number of hydrogen-bond acceptors (Lipinski definition) is 2. The first-order valence-electron chi connectivity index (χ1n) is 7.57. The van der Waals surface area contributed by atoms with Crippen molar-refractivity contribution in [3.8, 4) is 0 Å². The number of rotatable bonds is 4. The van der Waals surface area contributed by atoms with E-state index in [0.717, 1.165) is 6.42 Å². The SMILES string of the molecule is Cc1ccccc1CCNC(=O)c1cn(C)c(=O)c2[nH]ccc12. The van der Waals surface area contributed by atoms with Crippen molar-refractivity contribution in [2.45, 2.75) is 13.3 Å². The van der Waals surface area contributed by atoms with Gasteiger partial charge >= 0.3 is 0 Å². The first kappa shape index (κ1) is 15.1. The smallest absolute Gasteiger partial charge is 0.274 e. The maximum Gasteiger partial charge on any atom is 0.274 e. The average Bonchev–Trinajstić information content (AvgIpc) is 3.02. The van der Waals surface area contributed by atoms with Crippen molar-refractivity contribution in [2.24, 2.45) is 7.05 Å². The fraction of sp³-hybridized carbons (Fsp3) is 0.222. The Kier molecular flexibility index (Phi) is 4.02. The minimum atomic E-state index is -0.168. The summed E-state index contributed by atoms with van der Waals surface area (Å²) in [5.41, 5.74) is 3.27.